The Morgan fingerprint density at radius 2 is 1.79 bits per heavy atom. The molecule has 3 rings (SSSR count). The van der Waals surface area contributed by atoms with E-state index in [0.29, 0.717) is 13.0 Å². The minimum Gasteiger partial charge on any atom is -0.480 e. The minimum absolute atomic E-state index is 0.134. The van der Waals surface area contributed by atoms with Gasteiger partial charge in [-0.2, -0.15) is 0 Å². The van der Waals surface area contributed by atoms with Crippen molar-refractivity contribution in [2.24, 2.45) is 0 Å². The van der Waals surface area contributed by atoms with E-state index in [-0.39, 0.29) is 11.7 Å². The molecule has 0 fully saturated rings. The number of benzene rings is 2. The van der Waals surface area contributed by atoms with Gasteiger partial charge in [0.25, 0.3) is 0 Å². The maximum atomic E-state index is 12.6. The van der Waals surface area contributed by atoms with Gasteiger partial charge in [0.15, 0.2) is 0 Å². The largest absolute Gasteiger partial charge is 0.480 e. The molecule has 1 N–H and O–H groups in total. The van der Waals surface area contributed by atoms with Gasteiger partial charge in [0.2, 0.25) is 5.91 Å². The molecule has 1 amide bonds. The van der Waals surface area contributed by atoms with Gasteiger partial charge >= 0.3 is 5.97 Å². The van der Waals surface area contributed by atoms with Gasteiger partial charge in [0.1, 0.15) is 6.04 Å². The van der Waals surface area contributed by atoms with Gasteiger partial charge in [-0.3, -0.25) is 4.79 Å². The van der Waals surface area contributed by atoms with Gasteiger partial charge in [-0.1, -0.05) is 42.5 Å². The molecule has 0 aromatic heterocycles. The molecule has 1 aliphatic rings. The Balaban J connectivity index is 1.75. The van der Waals surface area contributed by atoms with Crippen molar-refractivity contribution in [2.75, 3.05) is 5.75 Å². The summed E-state index contributed by atoms with van der Waals surface area (Å²) in [5.41, 5.74) is 3.17. The lowest BCUT2D eigenvalue weighted by Crippen LogP contribution is -2.49. The van der Waals surface area contributed by atoms with Gasteiger partial charge in [-0.05, 0) is 29.7 Å². The lowest BCUT2D eigenvalue weighted by molar-refractivity contribution is -0.150. The van der Waals surface area contributed by atoms with Crippen molar-refractivity contribution in [3.05, 3.63) is 65.2 Å². The standard InChI is InChI=1S/C19H19NO3S/c1-13-6-2-5-9-17(13)24-12-18(21)20-11-15-8-4-3-7-14(15)10-16(20)19(22)23/h2-9,16H,10-12H2,1H3,(H,22,23). The zero-order chi connectivity index (χ0) is 17.1. The molecule has 0 saturated carbocycles. The first-order valence-electron chi connectivity index (χ1n) is 7.83. The number of fused-ring (bicyclic) bond motifs is 1. The molecule has 1 heterocycles. The molecule has 1 atom stereocenters. The van der Waals surface area contributed by atoms with Crippen LogP contribution in [0.5, 0.6) is 0 Å². The topological polar surface area (TPSA) is 57.6 Å². The number of hydrogen-bond donors (Lipinski definition) is 1. The normalized spacial score (nSPS) is 16.5. The molecule has 4 nitrogen and oxygen atoms in total. The second-order valence-corrected chi connectivity index (χ2v) is 6.92. The van der Waals surface area contributed by atoms with Crippen LogP contribution in [0.15, 0.2) is 53.4 Å². The lowest BCUT2D eigenvalue weighted by Gasteiger charge is -2.34. The molecule has 1 aliphatic heterocycles. The first-order chi connectivity index (χ1) is 11.6. The van der Waals surface area contributed by atoms with Crippen LogP contribution in [0.4, 0.5) is 0 Å². The summed E-state index contributed by atoms with van der Waals surface area (Å²) in [7, 11) is 0. The Bertz CT molecular complexity index is 775. The summed E-state index contributed by atoms with van der Waals surface area (Å²) in [5.74, 6) is -0.833. The molecule has 0 spiro atoms. The van der Waals surface area contributed by atoms with Crippen LogP contribution >= 0.6 is 11.8 Å². The molecular formula is C19H19NO3S. The number of nitrogens with zero attached hydrogens (tertiary/aromatic N) is 1. The lowest BCUT2D eigenvalue weighted by atomic mass is 9.94. The summed E-state index contributed by atoms with van der Waals surface area (Å²) >= 11 is 1.46. The van der Waals surface area contributed by atoms with Gasteiger partial charge in [-0.25, -0.2) is 4.79 Å². The van der Waals surface area contributed by atoms with Crippen LogP contribution < -0.4 is 0 Å². The number of thioether (sulfide) groups is 1. The smallest absolute Gasteiger partial charge is 0.326 e. The van der Waals surface area contributed by atoms with E-state index in [2.05, 4.69) is 0 Å². The second-order valence-electron chi connectivity index (χ2n) is 5.90. The van der Waals surface area contributed by atoms with Crippen molar-refractivity contribution in [2.45, 2.75) is 30.8 Å². The van der Waals surface area contributed by atoms with Crippen LogP contribution in [0.2, 0.25) is 0 Å². The van der Waals surface area contributed by atoms with E-state index in [1.54, 1.807) is 0 Å². The highest BCUT2D eigenvalue weighted by molar-refractivity contribution is 8.00. The quantitative estimate of drug-likeness (QED) is 0.868. The summed E-state index contributed by atoms with van der Waals surface area (Å²) < 4.78 is 0. The average molecular weight is 341 g/mol. The van der Waals surface area contributed by atoms with Gasteiger partial charge in [0.05, 0.1) is 5.75 Å². The molecule has 0 saturated heterocycles. The van der Waals surface area contributed by atoms with Crippen LogP contribution in [0, 0.1) is 6.92 Å². The number of carboxylic acids is 1. The maximum Gasteiger partial charge on any atom is 0.326 e. The molecule has 0 bridgehead atoms. The Labute approximate surface area is 145 Å². The van der Waals surface area contributed by atoms with E-state index in [9.17, 15) is 14.7 Å². The van der Waals surface area contributed by atoms with Crippen LogP contribution in [-0.4, -0.2) is 33.7 Å². The van der Waals surface area contributed by atoms with E-state index in [1.165, 1.54) is 16.7 Å². The number of amides is 1. The average Bonchev–Trinajstić information content (AvgIpc) is 2.59. The number of aryl methyl sites for hydroxylation is 1. The molecule has 2 aromatic carbocycles. The molecule has 2 aromatic rings. The summed E-state index contributed by atoms with van der Waals surface area (Å²) in [4.78, 5) is 26.8. The van der Waals surface area contributed by atoms with E-state index in [4.69, 9.17) is 0 Å². The zero-order valence-corrected chi connectivity index (χ0v) is 14.3. The Morgan fingerprint density at radius 1 is 1.12 bits per heavy atom. The summed E-state index contributed by atoms with van der Waals surface area (Å²) in [6.07, 6.45) is 0.367. The molecule has 124 valence electrons. The van der Waals surface area contributed by atoms with Crippen molar-refractivity contribution in [3.8, 4) is 0 Å². The summed E-state index contributed by atoms with van der Waals surface area (Å²) in [5, 5.41) is 9.51. The fraction of sp³-hybridized carbons (Fsp3) is 0.263. The van der Waals surface area contributed by atoms with Crippen LogP contribution in [0.3, 0.4) is 0 Å². The zero-order valence-electron chi connectivity index (χ0n) is 13.4. The third-order valence-corrected chi connectivity index (χ3v) is 5.46. The van der Waals surface area contributed by atoms with E-state index < -0.39 is 12.0 Å². The maximum absolute atomic E-state index is 12.6. The Kier molecular flexibility index (Phi) is 4.90. The van der Waals surface area contributed by atoms with Gasteiger partial charge in [0, 0.05) is 17.9 Å². The SMILES string of the molecule is Cc1ccccc1SCC(=O)N1Cc2ccccc2CC1C(=O)O. The molecular weight excluding hydrogens is 322 g/mol. The van der Waals surface area contributed by atoms with Crippen molar-refractivity contribution in [1.82, 2.24) is 4.90 Å². The van der Waals surface area contributed by atoms with Crippen molar-refractivity contribution >= 4 is 23.6 Å². The fourth-order valence-electron chi connectivity index (χ4n) is 2.95. The molecule has 0 radical (unpaired) electrons. The predicted molar refractivity (Wildman–Crippen MR) is 94.0 cm³/mol. The molecule has 24 heavy (non-hydrogen) atoms. The van der Waals surface area contributed by atoms with Crippen LogP contribution in [0.25, 0.3) is 0 Å². The molecule has 1 unspecified atom stereocenters. The third kappa shape index (κ3) is 3.46. The van der Waals surface area contributed by atoms with E-state index in [0.717, 1.165) is 21.6 Å². The first-order valence-corrected chi connectivity index (χ1v) is 8.82. The highest BCUT2D eigenvalue weighted by Crippen LogP contribution is 2.26. The van der Waals surface area contributed by atoms with Crippen molar-refractivity contribution < 1.29 is 14.7 Å². The summed E-state index contributed by atoms with van der Waals surface area (Å²) in [6, 6.07) is 14.8. The first kappa shape index (κ1) is 16.6. The van der Waals surface area contributed by atoms with Crippen molar-refractivity contribution in [3.63, 3.8) is 0 Å². The number of aliphatic carboxylic acids is 1. The van der Waals surface area contributed by atoms with Gasteiger partial charge in [-0.15, -0.1) is 11.8 Å². The number of carbonyl (C=O) groups is 2. The monoisotopic (exact) mass is 341 g/mol. The summed E-state index contributed by atoms with van der Waals surface area (Å²) in [6.45, 7) is 2.37. The predicted octanol–water partition coefficient (Wildman–Crippen LogP) is 3.13. The highest BCUT2D eigenvalue weighted by Gasteiger charge is 2.34. The Hall–Kier alpha value is -2.27. The van der Waals surface area contributed by atoms with E-state index >= 15 is 0 Å². The highest BCUT2D eigenvalue weighted by atomic mass is 32.2. The number of rotatable bonds is 4. The fourth-order valence-corrected chi connectivity index (χ4v) is 3.86. The van der Waals surface area contributed by atoms with Gasteiger partial charge < -0.3 is 10.0 Å². The van der Waals surface area contributed by atoms with E-state index in [1.807, 2.05) is 55.5 Å². The number of hydrogen-bond acceptors (Lipinski definition) is 3. The third-order valence-electron chi connectivity index (χ3n) is 4.30. The van der Waals surface area contributed by atoms with Crippen LogP contribution in [0.1, 0.15) is 16.7 Å². The number of carbonyl (C=O) groups excluding carboxylic acids is 1. The minimum atomic E-state index is -0.946. The number of carboxylic acid groups (broad SMARTS) is 1. The molecule has 5 heteroatoms. The second kappa shape index (κ2) is 7.09. The Morgan fingerprint density at radius 3 is 2.50 bits per heavy atom. The van der Waals surface area contributed by atoms with Crippen LogP contribution in [-0.2, 0) is 22.6 Å². The van der Waals surface area contributed by atoms with Crippen molar-refractivity contribution in [1.29, 1.82) is 0 Å². The molecule has 0 aliphatic carbocycles.